The Balaban J connectivity index is 2.09. The maximum atomic E-state index is 8.91. The molecule has 0 amide bonds. The summed E-state index contributed by atoms with van der Waals surface area (Å²) in [5.41, 5.74) is 0. The number of nitriles is 1. The highest BCUT2D eigenvalue weighted by Gasteiger charge is 2.09. The van der Waals surface area contributed by atoms with Crippen molar-refractivity contribution in [3.05, 3.63) is 29.0 Å². The van der Waals surface area contributed by atoms with Crippen LogP contribution in [-0.2, 0) is 6.54 Å². The smallest absolute Gasteiger partial charge is 0.185 e. The Hall–Kier alpha value is -2.00. The molecule has 0 aliphatic carbocycles. The average Bonchev–Trinajstić information content (AvgIpc) is 2.95. The van der Waals surface area contributed by atoms with Gasteiger partial charge in [0.15, 0.2) is 15.8 Å². The Labute approximate surface area is 96.7 Å². The zero-order valence-electron chi connectivity index (χ0n) is 8.65. The Morgan fingerprint density at radius 2 is 2.50 bits per heavy atom. The molecule has 2 heterocycles. The van der Waals surface area contributed by atoms with Crippen LogP contribution < -0.4 is 10.6 Å². The number of hydrogen-bond acceptors (Lipinski definition) is 6. The largest absolute Gasteiger partial charge is 0.467 e. The zero-order chi connectivity index (χ0) is 11.4. The topological polar surface area (TPSA) is 73.9 Å². The van der Waals surface area contributed by atoms with Gasteiger partial charge in [-0.15, -0.1) is 0 Å². The van der Waals surface area contributed by atoms with E-state index >= 15 is 0 Å². The Bertz CT molecular complexity index is 497. The van der Waals surface area contributed by atoms with Crippen LogP contribution in [0.25, 0.3) is 0 Å². The monoisotopic (exact) mass is 234 g/mol. The standard InChI is InChI=1S/C10H10N4OS/c1-12-10-14-9(8(5-11)16-10)13-6-7-3-2-4-15-7/h2-4,13H,6H2,1H3,(H,12,14). The molecule has 6 heteroatoms. The van der Waals surface area contributed by atoms with Gasteiger partial charge in [-0.25, -0.2) is 4.98 Å². The van der Waals surface area contributed by atoms with Crippen LogP contribution in [0.15, 0.2) is 22.8 Å². The second-order valence-electron chi connectivity index (χ2n) is 2.99. The molecule has 0 spiro atoms. The van der Waals surface area contributed by atoms with E-state index in [2.05, 4.69) is 21.7 Å². The van der Waals surface area contributed by atoms with Crippen LogP contribution in [0.2, 0.25) is 0 Å². The minimum absolute atomic E-state index is 0.522. The minimum atomic E-state index is 0.522. The summed E-state index contributed by atoms with van der Waals surface area (Å²) in [7, 11) is 1.77. The lowest BCUT2D eigenvalue weighted by Crippen LogP contribution is -2.00. The van der Waals surface area contributed by atoms with Crippen molar-refractivity contribution in [2.24, 2.45) is 0 Å². The first-order valence-corrected chi connectivity index (χ1v) is 5.50. The molecule has 0 aromatic carbocycles. The lowest BCUT2D eigenvalue weighted by Gasteiger charge is -1.99. The van der Waals surface area contributed by atoms with Crippen molar-refractivity contribution in [1.29, 1.82) is 5.26 Å². The normalized spacial score (nSPS) is 9.75. The SMILES string of the molecule is CNc1nc(NCc2ccco2)c(C#N)s1. The van der Waals surface area contributed by atoms with E-state index in [9.17, 15) is 0 Å². The fourth-order valence-electron chi connectivity index (χ4n) is 1.21. The summed E-state index contributed by atoms with van der Waals surface area (Å²) in [5.74, 6) is 1.40. The molecule has 0 atom stereocenters. The van der Waals surface area contributed by atoms with Gasteiger partial charge in [0.1, 0.15) is 11.8 Å². The van der Waals surface area contributed by atoms with Crippen LogP contribution >= 0.6 is 11.3 Å². The third-order valence-corrected chi connectivity index (χ3v) is 2.93. The van der Waals surface area contributed by atoms with Crippen LogP contribution in [0, 0.1) is 11.3 Å². The molecule has 16 heavy (non-hydrogen) atoms. The maximum Gasteiger partial charge on any atom is 0.185 e. The van der Waals surface area contributed by atoms with E-state index in [1.807, 2.05) is 12.1 Å². The van der Waals surface area contributed by atoms with E-state index in [-0.39, 0.29) is 0 Å². The van der Waals surface area contributed by atoms with Gasteiger partial charge in [0, 0.05) is 7.05 Å². The molecule has 0 aliphatic rings. The fraction of sp³-hybridized carbons (Fsp3) is 0.200. The number of aromatic nitrogens is 1. The Kier molecular flexibility index (Phi) is 3.08. The first kappa shape index (κ1) is 10.5. The average molecular weight is 234 g/mol. The van der Waals surface area contributed by atoms with Gasteiger partial charge >= 0.3 is 0 Å². The molecule has 0 saturated carbocycles. The molecule has 2 N–H and O–H groups in total. The highest BCUT2D eigenvalue weighted by molar-refractivity contribution is 7.16. The van der Waals surface area contributed by atoms with Gasteiger partial charge in [-0.3, -0.25) is 0 Å². The van der Waals surface area contributed by atoms with E-state index in [4.69, 9.17) is 9.68 Å². The number of nitrogens with zero attached hydrogens (tertiary/aromatic N) is 2. The van der Waals surface area contributed by atoms with Gasteiger partial charge in [0.05, 0.1) is 12.8 Å². The van der Waals surface area contributed by atoms with E-state index in [0.717, 1.165) is 10.9 Å². The van der Waals surface area contributed by atoms with Crippen LogP contribution in [0.1, 0.15) is 10.6 Å². The maximum absolute atomic E-state index is 8.91. The molecule has 0 fully saturated rings. The third-order valence-electron chi connectivity index (χ3n) is 1.95. The van der Waals surface area contributed by atoms with Crippen LogP contribution in [0.3, 0.4) is 0 Å². The molecule has 0 radical (unpaired) electrons. The van der Waals surface area contributed by atoms with E-state index in [1.54, 1.807) is 13.3 Å². The molecule has 5 nitrogen and oxygen atoms in total. The summed E-state index contributed by atoms with van der Waals surface area (Å²) >= 11 is 1.32. The first-order chi connectivity index (χ1) is 7.83. The van der Waals surface area contributed by atoms with Crippen molar-refractivity contribution in [1.82, 2.24) is 4.98 Å². The number of rotatable bonds is 4. The molecular formula is C10H10N4OS. The predicted octanol–water partition coefficient (Wildman–Crippen LogP) is 2.26. The van der Waals surface area contributed by atoms with Crippen molar-refractivity contribution in [3.8, 4) is 6.07 Å². The number of anilines is 2. The second-order valence-corrected chi connectivity index (χ2v) is 3.99. The van der Waals surface area contributed by atoms with Gasteiger partial charge in [0.2, 0.25) is 0 Å². The van der Waals surface area contributed by atoms with E-state index < -0.39 is 0 Å². The van der Waals surface area contributed by atoms with E-state index in [0.29, 0.717) is 17.2 Å². The van der Waals surface area contributed by atoms with Gasteiger partial charge in [-0.05, 0) is 12.1 Å². The lowest BCUT2D eigenvalue weighted by molar-refractivity contribution is 0.518. The predicted molar refractivity (Wildman–Crippen MR) is 62.4 cm³/mol. The summed E-state index contributed by atoms with van der Waals surface area (Å²) < 4.78 is 5.18. The van der Waals surface area contributed by atoms with Gasteiger partial charge in [-0.1, -0.05) is 11.3 Å². The fourth-order valence-corrected chi connectivity index (χ4v) is 1.90. The van der Waals surface area contributed by atoms with Crippen molar-refractivity contribution in [2.45, 2.75) is 6.54 Å². The quantitative estimate of drug-likeness (QED) is 0.848. The Morgan fingerprint density at radius 3 is 3.12 bits per heavy atom. The molecule has 0 aliphatic heterocycles. The summed E-state index contributed by atoms with van der Waals surface area (Å²) in [4.78, 5) is 4.80. The van der Waals surface area contributed by atoms with Crippen molar-refractivity contribution >= 4 is 22.3 Å². The molecule has 82 valence electrons. The van der Waals surface area contributed by atoms with Crippen molar-refractivity contribution < 1.29 is 4.42 Å². The van der Waals surface area contributed by atoms with E-state index in [1.165, 1.54) is 11.3 Å². The third kappa shape index (κ3) is 2.15. The zero-order valence-corrected chi connectivity index (χ0v) is 9.47. The van der Waals surface area contributed by atoms with Gasteiger partial charge < -0.3 is 15.1 Å². The van der Waals surface area contributed by atoms with Crippen LogP contribution in [0.4, 0.5) is 10.9 Å². The number of thiazole rings is 1. The molecule has 2 rings (SSSR count). The molecule has 2 aromatic heterocycles. The lowest BCUT2D eigenvalue weighted by atomic mass is 10.4. The molecule has 0 unspecified atom stereocenters. The number of nitrogens with one attached hydrogen (secondary N) is 2. The number of hydrogen-bond donors (Lipinski definition) is 2. The van der Waals surface area contributed by atoms with Crippen LogP contribution in [0.5, 0.6) is 0 Å². The molecule has 0 bridgehead atoms. The molecular weight excluding hydrogens is 224 g/mol. The first-order valence-electron chi connectivity index (χ1n) is 4.68. The second kappa shape index (κ2) is 4.68. The molecule has 2 aromatic rings. The summed E-state index contributed by atoms with van der Waals surface area (Å²) in [5, 5.41) is 15.6. The van der Waals surface area contributed by atoms with Gasteiger partial charge in [-0.2, -0.15) is 5.26 Å². The molecule has 0 saturated heterocycles. The summed E-state index contributed by atoms with van der Waals surface area (Å²) in [6.07, 6.45) is 1.61. The van der Waals surface area contributed by atoms with Gasteiger partial charge in [0.25, 0.3) is 0 Å². The summed E-state index contributed by atoms with van der Waals surface area (Å²) in [6, 6.07) is 5.79. The highest BCUT2D eigenvalue weighted by atomic mass is 32.1. The van der Waals surface area contributed by atoms with Crippen molar-refractivity contribution in [3.63, 3.8) is 0 Å². The Morgan fingerprint density at radius 1 is 1.62 bits per heavy atom. The minimum Gasteiger partial charge on any atom is -0.467 e. The highest BCUT2D eigenvalue weighted by Crippen LogP contribution is 2.26. The number of furan rings is 1. The van der Waals surface area contributed by atoms with Crippen LogP contribution in [-0.4, -0.2) is 12.0 Å². The van der Waals surface area contributed by atoms with Crippen molar-refractivity contribution in [2.75, 3.05) is 17.7 Å². The summed E-state index contributed by atoms with van der Waals surface area (Å²) in [6.45, 7) is 0.522.